The summed E-state index contributed by atoms with van der Waals surface area (Å²) >= 11 is 0. The summed E-state index contributed by atoms with van der Waals surface area (Å²) in [7, 11) is 7.08. The van der Waals surface area contributed by atoms with Crippen LogP contribution in [0.5, 0.6) is 11.5 Å². The molecule has 2 N–H and O–H groups in total. The first-order valence-corrected chi connectivity index (χ1v) is 10.9. The highest BCUT2D eigenvalue weighted by Gasteiger charge is 2.21. The maximum Gasteiger partial charge on any atom is 0.317 e. The Bertz CT molecular complexity index is 950. The van der Waals surface area contributed by atoms with E-state index in [0.29, 0.717) is 35.7 Å². The molecular weight excluding hydrogens is 396 g/mol. The number of likely N-dealkylation sites (N-methyl/N-ethyl adjacent to an activating group) is 1. The second-order valence-electron chi connectivity index (χ2n) is 8.43. The third kappa shape index (κ3) is 5.91. The monoisotopic (exact) mass is 430 g/mol. The Labute approximate surface area is 183 Å². The molecule has 31 heavy (non-hydrogen) atoms. The van der Waals surface area contributed by atoms with Crippen LogP contribution in [0.25, 0.3) is 10.9 Å². The molecule has 1 aromatic carbocycles. The topological polar surface area (TPSA) is 86.9 Å². The average molecular weight is 431 g/mol. The minimum Gasteiger partial charge on any atom is -0.493 e. The molecule has 1 fully saturated rings. The van der Waals surface area contributed by atoms with Gasteiger partial charge in [-0.1, -0.05) is 19.3 Å². The summed E-state index contributed by atoms with van der Waals surface area (Å²) in [4.78, 5) is 32.5. The Kier molecular flexibility index (Phi) is 7.79. The van der Waals surface area contributed by atoms with Crippen LogP contribution >= 0.6 is 0 Å². The molecule has 1 heterocycles. The van der Waals surface area contributed by atoms with E-state index in [9.17, 15) is 9.59 Å². The highest BCUT2D eigenvalue weighted by molar-refractivity contribution is 5.83. The van der Waals surface area contributed by atoms with Crippen molar-refractivity contribution in [1.82, 2.24) is 20.1 Å². The second kappa shape index (κ2) is 10.5. The quantitative estimate of drug-likeness (QED) is 0.672. The SMILES string of the molecule is COc1cc2cc(CN(CCN(C)C)C(=O)NC3CCCCC3)c(=O)[nH]c2cc1OC. The Hall–Kier alpha value is -2.74. The molecule has 0 aliphatic heterocycles. The first-order valence-electron chi connectivity index (χ1n) is 10.9. The van der Waals surface area contributed by atoms with Crippen molar-refractivity contribution in [3.05, 3.63) is 34.1 Å². The Balaban J connectivity index is 1.85. The number of fused-ring (bicyclic) bond motifs is 1. The predicted octanol–water partition coefficient (Wildman–Crippen LogP) is 2.95. The van der Waals surface area contributed by atoms with Gasteiger partial charge >= 0.3 is 6.03 Å². The van der Waals surface area contributed by atoms with E-state index < -0.39 is 0 Å². The summed E-state index contributed by atoms with van der Waals surface area (Å²) in [5.41, 5.74) is 0.996. The molecule has 8 nitrogen and oxygen atoms in total. The van der Waals surface area contributed by atoms with Crippen LogP contribution in [-0.2, 0) is 6.54 Å². The largest absolute Gasteiger partial charge is 0.493 e. The van der Waals surface area contributed by atoms with Crippen molar-refractivity contribution in [2.75, 3.05) is 41.4 Å². The number of urea groups is 1. The molecule has 0 radical (unpaired) electrons. The number of aromatic amines is 1. The van der Waals surface area contributed by atoms with Gasteiger partial charge in [-0.15, -0.1) is 0 Å². The molecule has 0 saturated heterocycles. The lowest BCUT2D eigenvalue weighted by Gasteiger charge is -2.29. The number of carbonyl (C=O) groups is 1. The maximum atomic E-state index is 13.0. The van der Waals surface area contributed by atoms with Gasteiger partial charge in [-0.25, -0.2) is 4.79 Å². The molecule has 1 aliphatic rings. The van der Waals surface area contributed by atoms with E-state index in [1.807, 2.05) is 31.1 Å². The minimum atomic E-state index is -0.208. The van der Waals surface area contributed by atoms with Crippen molar-refractivity contribution in [3.63, 3.8) is 0 Å². The lowest BCUT2D eigenvalue weighted by atomic mass is 9.96. The predicted molar refractivity (Wildman–Crippen MR) is 122 cm³/mol. The van der Waals surface area contributed by atoms with Crippen LogP contribution in [0.3, 0.4) is 0 Å². The number of amides is 2. The molecule has 2 amide bonds. The summed E-state index contributed by atoms with van der Waals surface area (Å²) in [5, 5.41) is 4.00. The van der Waals surface area contributed by atoms with Gasteiger partial charge in [0.15, 0.2) is 11.5 Å². The fraction of sp³-hybridized carbons (Fsp3) is 0.565. The Morgan fingerprint density at radius 2 is 1.74 bits per heavy atom. The van der Waals surface area contributed by atoms with Gasteiger partial charge in [0.05, 0.1) is 26.3 Å². The molecule has 0 unspecified atom stereocenters. The first kappa shape index (κ1) is 22.9. The van der Waals surface area contributed by atoms with Crippen molar-refractivity contribution >= 4 is 16.9 Å². The normalized spacial score (nSPS) is 14.6. The van der Waals surface area contributed by atoms with Gasteiger partial charge in [-0.05, 0) is 39.1 Å². The fourth-order valence-electron chi connectivity index (χ4n) is 3.99. The van der Waals surface area contributed by atoms with Gasteiger partial charge in [0.25, 0.3) is 5.56 Å². The van der Waals surface area contributed by atoms with E-state index in [1.165, 1.54) is 6.42 Å². The molecule has 2 aromatic rings. The van der Waals surface area contributed by atoms with Gasteiger partial charge in [-0.2, -0.15) is 0 Å². The zero-order chi connectivity index (χ0) is 22.4. The summed E-state index contributed by atoms with van der Waals surface area (Å²) in [6.07, 6.45) is 5.57. The summed E-state index contributed by atoms with van der Waals surface area (Å²) in [5.74, 6) is 1.14. The van der Waals surface area contributed by atoms with Crippen LogP contribution in [0.4, 0.5) is 4.79 Å². The number of H-pyrrole nitrogens is 1. The van der Waals surface area contributed by atoms with E-state index >= 15 is 0 Å². The third-order valence-corrected chi connectivity index (χ3v) is 5.82. The van der Waals surface area contributed by atoms with Crippen LogP contribution in [0, 0.1) is 0 Å². The molecule has 170 valence electrons. The summed E-state index contributed by atoms with van der Waals surface area (Å²) in [6.45, 7) is 1.50. The van der Waals surface area contributed by atoms with Crippen molar-refractivity contribution in [1.29, 1.82) is 0 Å². The number of methoxy groups -OCH3 is 2. The summed E-state index contributed by atoms with van der Waals surface area (Å²) < 4.78 is 10.7. The number of nitrogens with zero attached hydrogens (tertiary/aromatic N) is 2. The van der Waals surface area contributed by atoms with E-state index in [1.54, 1.807) is 25.2 Å². The van der Waals surface area contributed by atoms with Crippen molar-refractivity contribution in [3.8, 4) is 11.5 Å². The van der Waals surface area contributed by atoms with Crippen LogP contribution in [0.1, 0.15) is 37.7 Å². The van der Waals surface area contributed by atoms with Gasteiger partial charge < -0.3 is 29.6 Å². The summed E-state index contributed by atoms with van der Waals surface area (Å²) in [6, 6.07) is 5.51. The van der Waals surface area contributed by atoms with E-state index in [0.717, 1.165) is 31.1 Å². The molecular formula is C23H34N4O4. The molecule has 1 saturated carbocycles. The van der Waals surface area contributed by atoms with E-state index in [-0.39, 0.29) is 24.2 Å². The number of aromatic nitrogens is 1. The lowest BCUT2D eigenvalue weighted by molar-refractivity contribution is 0.181. The van der Waals surface area contributed by atoms with Gasteiger partial charge in [0.1, 0.15) is 0 Å². The molecule has 1 aliphatic carbocycles. The smallest absolute Gasteiger partial charge is 0.317 e. The Morgan fingerprint density at radius 1 is 1.06 bits per heavy atom. The van der Waals surface area contributed by atoms with Gasteiger partial charge in [0.2, 0.25) is 0 Å². The van der Waals surface area contributed by atoms with Gasteiger partial charge in [-0.3, -0.25) is 4.79 Å². The second-order valence-corrected chi connectivity index (χ2v) is 8.43. The molecule has 1 aromatic heterocycles. The molecule has 0 spiro atoms. The molecule has 0 atom stereocenters. The van der Waals surface area contributed by atoms with Crippen molar-refractivity contribution in [2.24, 2.45) is 0 Å². The van der Waals surface area contributed by atoms with Crippen molar-refractivity contribution < 1.29 is 14.3 Å². The van der Waals surface area contributed by atoms with Crippen molar-refractivity contribution in [2.45, 2.75) is 44.7 Å². The highest BCUT2D eigenvalue weighted by Crippen LogP contribution is 2.31. The number of carbonyl (C=O) groups excluding carboxylic acids is 1. The van der Waals surface area contributed by atoms with Gasteiger partial charge in [0, 0.05) is 36.1 Å². The number of hydrogen-bond acceptors (Lipinski definition) is 5. The van der Waals surface area contributed by atoms with E-state index in [2.05, 4.69) is 10.3 Å². The minimum absolute atomic E-state index is 0.111. The highest BCUT2D eigenvalue weighted by atomic mass is 16.5. The molecule has 0 bridgehead atoms. The van der Waals surface area contributed by atoms with E-state index in [4.69, 9.17) is 9.47 Å². The molecule has 3 rings (SSSR count). The zero-order valence-corrected chi connectivity index (χ0v) is 19.0. The van der Waals surface area contributed by atoms with Crippen LogP contribution < -0.4 is 20.3 Å². The van der Waals surface area contributed by atoms with Crippen LogP contribution in [0.2, 0.25) is 0 Å². The number of nitrogens with one attached hydrogen (secondary N) is 2. The number of pyridine rings is 1. The van der Waals surface area contributed by atoms with Crippen LogP contribution in [-0.4, -0.2) is 68.3 Å². The zero-order valence-electron chi connectivity index (χ0n) is 19.0. The third-order valence-electron chi connectivity index (χ3n) is 5.82. The number of ether oxygens (including phenoxy) is 2. The fourth-order valence-corrected chi connectivity index (χ4v) is 3.99. The number of hydrogen-bond donors (Lipinski definition) is 2. The standard InChI is InChI=1S/C23H34N4O4/c1-26(2)10-11-27(23(29)24-18-8-6-5-7-9-18)15-17-12-16-13-20(30-3)21(31-4)14-19(16)25-22(17)28/h12-14,18H,5-11,15H2,1-4H3,(H,24,29)(H,25,28). The first-order chi connectivity index (χ1) is 14.9. The molecule has 8 heteroatoms. The Morgan fingerprint density at radius 3 is 2.39 bits per heavy atom. The maximum absolute atomic E-state index is 13.0. The number of benzene rings is 1. The van der Waals surface area contributed by atoms with Crippen LogP contribution in [0.15, 0.2) is 23.0 Å². The lowest BCUT2D eigenvalue weighted by Crippen LogP contribution is -2.47. The number of rotatable bonds is 8. The average Bonchev–Trinajstić information content (AvgIpc) is 2.76.